The van der Waals surface area contributed by atoms with Gasteiger partial charge >= 0.3 is 5.97 Å². The predicted octanol–water partition coefficient (Wildman–Crippen LogP) is 5.25. The zero-order valence-electron chi connectivity index (χ0n) is 15.6. The Morgan fingerprint density at radius 1 is 1.11 bits per heavy atom. The van der Waals surface area contributed by atoms with Gasteiger partial charge in [0.1, 0.15) is 5.60 Å². The van der Waals surface area contributed by atoms with Gasteiger partial charge in [-0.15, -0.1) is 0 Å². The number of hydrogen-bond acceptors (Lipinski definition) is 4. The molecule has 0 aliphatic carbocycles. The monoisotopic (exact) mass is 407 g/mol. The topological polar surface area (TPSA) is 58.9 Å². The van der Waals surface area contributed by atoms with Crippen molar-refractivity contribution in [1.29, 1.82) is 0 Å². The van der Waals surface area contributed by atoms with Crippen LogP contribution in [-0.2, 0) is 9.53 Å². The van der Waals surface area contributed by atoms with Crippen molar-refractivity contribution >= 4 is 34.9 Å². The largest absolute Gasteiger partial charge is 0.460 e. The Kier molecular flexibility index (Phi) is 7.42. The molecule has 0 heterocycles. The number of benzene rings is 2. The Balaban J connectivity index is 2.43. The average molecular weight is 408 g/mol. The highest BCUT2D eigenvalue weighted by Gasteiger charge is 2.21. The molecule has 1 atom stereocenters. The number of aliphatic imine (C=N–C) groups is 1. The number of hydrogen-bond donors (Lipinski definition) is 1. The van der Waals surface area contributed by atoms with Crippen LogP contribution in [-0.4, -0.2) is 29.0 Å². The van der Waals surface area contributed by atoms with Crippen molar-refractivity contribution in [3.8, 4) is 0 Å². The molecule has 0 aromatic heterocycles. The summed E-state index contributed by atoms with van der Waals surface area (Å²) in [6.07, 6.45) is -0.0583. The second-order valence-electron chi connectivity index (χ2n) is 7.11. The summed E-state index contributed by atoms with van der Waals surface area (Å²) in [6.45, 7) is 5.21. The van der Waals surface area contributed by atoms with Crippen LogP contribution in [0.2, 0.25) is 10.0 Å². The highest BCUT2D eigenvalue weighted by Crippen LogP contribution is 2.24. The molecule has 0 saturated carbocycles. The Morgan fingerprint density at radius 3 is 2.22 bits per heavy atom. The lowest BCUT2D eigenvalue weighted by atomic mass is 10.0. The van der Waals surface area contributed by atoms with E-state index in [-0.39, 0.29) is 13.0 Å². The number of ether oxygens (including phenoxy) is 1. The predicted molar refractivity (Wildman–Crippen MR) is 110 cm³/mol. The van der Waals surface area contributed by atoms with Gasteiger partial charge in [-0.3, -0.25) is 9.79 Å². The summed E-state index contributed by atoms with van der Waals surface area (Å²) >= 11 is 12.2. The molecule has 0 aliphatic heterocycles. The molecule has 0 amide bonds. The molecule has 1 unspecified atom stereocenters. The van der Waals surface area contributed by atoms with Gasteiger partial charge < -0.3 is 9.84 Å². The van der Waals surface area contributed by atoms with Crippen molar-refractivity contribution in [3.63, 3.8) is 0 Å². The Bertz CT molecular complexity index is 794. The smallest absolute Gasteiger partial charge is 0.312 e. The summed E-state index contributed by atoms with van der Waals surface area (Å²) in [7, 11) is 0. The van der Waals surface area contributed by atoms with E-state index in [1.54, 1.807) is 39.0 Å². The Labute approximate surface area is 169 Å². The van der Waals surface area contributed by atoms with Crippen molar-refractivity contribution in [1.82, 2.24) is 0 Å². The molecule has 0 bridgehead atoms. The maximum atomic E-state index is 12.4. The molecule has 144 valence electrons. The van der Waals surface area contributed by atoms with Gasteiger partial charge in [0.25, 0.3) is 0 Å². The third-order valence-electron chi connectivity index (χ3n) is 3.60. The summed E-state index contributed by atoms with van der Waals surface area (Å²) in [5, 5.41) is 10.7. The zero-order valence-corrected chi connectivity index (χ0v) is 17.1. The highest BCUT2D eigenvalue weighted by atomic mass is 35.5. The fraction of sp³-hybridized carbons (Fsp3) is 0.333. The Hall–Kier alpha value is -1.88. The second kappa shape index (κ2) is 9.36. The minimum absolute atomic E-state index is 0.0583. The molecule has 4 nitrogen and oxygen atoms in total. The van der Waals surface area contributed by atoms with Gasteiger partial charge in [-0.05, 0) is 50.1 Å². The minimum atomic E-state index is -0.607. The first kappa shape index (κ1) is 21.4. The summed E-state index contributed by atoms with van der Waals surface area (Å²) < 4.78 is 5.42. The molecule has 2 rings (SSSR count). The van der Waals surface area contributed by atoms with Gasteiger partial charge in [0, 0.05) is 10.0 Å². The zero-order chi connectivity index (χ0) is 20.0. The number of rotatable bonds is 6. The van der Waals surface area contributed by atoms with Crippen molar-refractivity contribution in [3.05, 3.63) is 69.7 Å². The van der Waals surface area contributed by atoms with E-state index in [1.165, 1.54) is 0 Å². The van der Waals surface area contributed by atoms with Crippen LogP contribution in [0.5, 0.6) is 0 Å². The standard InChI is InChI=1S/C21H23Cl2NO3/c1-21(2,3)27-20(26)12-18(15-9-16(22)11-17(23)10-15)24-19(13-25)14-7-5-4-6-8-14/h4-11,19,25H,12-13H2,1-3H3. The first-order valence-electron chi connectivity index (χ1n) is 8.59. The number of nitrogens with zero attached hydrogens (tertiary/aromatic N) is 1. The summed E-state index contributed by atoms with van der Waals surface area (Å²) in [5.41, 5.74) is 1.31. The fourth-order valence-corrected chi connectivity index (χ4v) is 3.07. The van der Waals surface area contributed by atoms with Crippen molar-refractivity contribution in [2.24, 2.45) is 4.99 Å². The van der Waals surface area contributed by atoms with E-state index in [2.05, 4.69) is 4.99 Å². The molecule has 0 aliphatic rings. The molecular formula is C21H23Cl2NO3. The third kappa shape index (κ3) is 6.98. The van der Waals surface area contributed by atoms with Crippen LogP contribution in [0.25, 0.3) is 0 Å². The maximum Gasteiger partial charge on any atom is 0.312 e. The SMILES string of the molecule is CC(C)(C)OC(=O)CC(=NC(CO)c1ccccc1)c1cc(Cl)cc(Cl)c1. The summed E-state index contributed by atoms with van der Waals surface area (Å²) in [6, 6.07) is 13.9. The van der Waals surface area contributed by atoms with Crippen LogP contribution in [0.1, 0.15) is 44.4 Å². The number of halogens is 2. The number of esters is 1. The molecule has 2 aromatic carbocycles. The molecule has 6 heteroatoms. The lowest BCUT2D eigenvalue weighted by Crippen LogP contribution is -2.26. The van der Waals surface area contributed by atoms with Gasteiger partial charge in [-0.25, -0.2) is 0 Å². The van der Waals surface area contributed by atoms with Gasteiger partial charge in [0.15, 0.2) is 0 Å². The number of carbonyl (C=O) groups excluding carboxylic acids is 1. The normalized spacial score (nSPS) is 13.3. The van der Waals surface area contributed by atoms with Crippen LogP contribution < -0.4 is 0 Å². The molecule has 0 saturated heterocycles. The van der Waals surface area contributed by atoms with Crippen molar-refractivity contribution < 1.29 is 14.6 Å². The van der Waals surface area contributed by atoms with Crippen LogP contribution >= 0.6 is 23.2 Å². The number of aliphatic hydroxyl groups is 1. The molecule has 0 radical (unpaired) electrons. The molecular weight excluding hydrogens is 385 g/mol. The first-order valence-corrected chi connectivity index (χ1v) is 9.34. The third-order valence-corrected chi connectivity index (χ3v) is 4.03. The second-order valence-corrected chi connectivity index (χ2v) is 7.98. The lowest BCUT2D eigenvalue weighted by Gasteiger charge is -2.20. The molecule has 27 heavy (non-hydrogen) atoms. The highest BCUT2D eigenvalue weighted by molar-refractivity contribution is 6.35. The maximum absolute atomic E-state index is 12.4. The minimum Gasteiger partial charge on any atom is -0.460 e. The molecule has 0 spiro atoms. The first-order chi connectivity index (χ1) is 12.7. The van der Waals surface area contributed by atoms with Crippen LogP contribution in [0.3, 0.4) is 0 Å². The quantitative estimate of drug-likeness (QED) is 0.525. The van der Waals surface area contributed by atoms with Gasteiger partial charge in [0.05, 0.1) is 24.8 Å². The van der Waals surface area contributed by atoms with Crippen molar-refractivity contribution in [2.45, 2.75) is 38.8 Å². The van der Waals surface area contributed by atoms with E-state index < -0.39 is 17.6 Å². The van der Waals surface area contributed by atoms with E-state index in [4.69, 9.17) is 27.9 Å². The van der Waals surface area contributed by atoms with Crippen LogP contribution in [0.4, 0.5) is 0 Å². The average Bonchev–Trinajstić information content (AvgIpc) is 2.56. The number of carbonyl (C=O) groups is 1. The fourth-order valence-electron chi connectivity index (χ4n) is 2.54. The van der Waals surface area contributed by atoms with Crippen LogP contribution in [0, 0.1) is 0 Å². The van der Waals surface area contributed by atoms with E-state index in [1.807, 2.05) is 30.3 Å². The van der Waals surface area contributed by atoms with Gasteiger partial charge in [-0.1, -0.05) is 53.5 Å². The van der Waals surface area contributed by atoms with Gasteiger partial charge in [-0.2, -0.15) is 0 Å². The van der Waals surface area contributed by atoms with Crippen molar-refractivity contribution in [2.75, 3.05) is 6.61 Å². The van der Waals surface area contributed by atoms with Crippen LogP contribution in [0.15, 0.2) is 53.5 Å². The van der Waals surface area contributed by atoms with E-state index in [0.717, 1.165) is 5.56 Å². The molecule has 0 fully saturated rings. The van der Waals surface area contributed by atoms with E-state index >= 15 is 0 Å². The number of aliphatic hydroxyl groups excluding tert-OH is 1. The molecule has 2 aromatic rings. The van der Waals surface area contributed by atoms with Gasteiger partial charge in [0.2, 0.25) is 0 Å². The molecule has 1 N–H and O–H groups in total. The summed E-state index contributed by atoms with van der Waals surface area (Å²) in [5.74, 6) is -0.415. The van der Waals surface area contributed by atoms with E-state index in [9.17, 15) is 9.90 Å². The Morgan fingerprint density at radius 2 is 1.70 bits per heavy atom. The van der Waals surface area contributed by atoms with E-state index in [0.29, 0.717) is 21.3 Å². The lowest BCUT2D eigenvalue weighted by molar-refractivity contribution is -0.153. The summed E-state index contributed by atoms with van der Waals surface area (Å²) in [4.78, 5) is 17.0.